The minimum absolute atomic E-state index is 0. The van der Waals surface area contributed by atoms with Crippen LogP contribution in [0.5, 0.6) is 0 Å². The first-order chi connectivity index (χ1) is 10.9. The van der Waals surface area contributed by atoms with Crippen molar-refractivity contribution in [1.29, 1.82) is 0 Å². The van der Waals surface area contributed by atoms with E-state index in [0.29, 0.717) is 5.92 Å². The number of carbonyl (C=O) groups is 1. The Morgan fingerprint density at radius 2 is 2.08 bits per heavy atom. The fourth-order valence-electron chi connectivity index (χ4n) is 3.50. The first-order valence-electron chi connectivity index (χ1n) is 8.43. The van der Waals surface area contributed by atoms with Crippen molar-refractivity contribution >= 4 is 39.9 Å². The number of halogens is 1. The molecule has 2 atom stereocenters. The third-order valence-corrected chi connectivity index (χ3v) is 5.90. The maximum atomic E-state index is 13.0. The lowest BCUT2D eigenvalue weighted by molar-refractivity contribution is 0.0589. The van der Waals surface area contributed by atoms with E-state index >= 15 is 0 Å². The second kappa shape index (κ2) is 7.42. The number of thiophene rings is 1. The number of carbonyl (C=O) groups excluding carboxylic acids is 1. The Balaban J connectivity index is 0.00000208. The van der Waals surface area contributed by atoms with Crippen LogP contribution in [0.15, 0.2) is 6.07 Å². The SMILES string of the molecule is CC(C)c1nn(C)c2sc(C(=O)N3CCCCC3C(C)N)cc12.Cl. The van der Waals surface area contributed by atoms with E-state index in [1.165, 1.54) is 0 Å². The summed E-state index contributed by atoms with van der Waals surface area (Å²) in [6.45, 7) is 7.09. The van der Waals surface area contributed by atoms with Gasteiger partial charge in [0.15, 0.2) is 0 Å². The molecule has 3 rings (SSSR count). The molecule has 5 nitrogen and oxygen atoms in total. The average Bonchev–Trinajstić information content (AvgIpc) is 3.07. The fraction of sp³-hybridized carbons (Fsp3) is 0.647. The Labute approximate surface area is 153 Å². The molecule has 0 saturated carbocycles. The van der Waals surface area contributed by atoms with Crippen molar-refractivity contribution in [3.63, 3.8) is 0 Å². The first-order valence-corrected chi connectivity index (χ1v) is 9.24. The van der Waals surface area contributed by atoms with Gasteiger partial charge in [-0.2, -0.15) is 5.10 Å². The second-order valence-corrected chi connectivity index (χ2v) is 7.94. The van der Waals surface area contributed by atoms with E-state index in [1.54, 1.807) is 11.3 Å². The van der Waals surface area contributed by atoms with E-state index in [-0.39, 0.29) is 30.4 Å². The molecule has 2 aromatic heterocycles. The second-order valence-electron chi connectivity index (χ2n) is 6.91. The van der Waals surface area contributed by atoms with Crippen LogP contribution in [0.25, 0.3) is 10.2 Å². The van der Waals surface area contributed by atoms with Crippen LogP contribution in [0.2, 0.25) is 0 Å². The van der Waals surface area contributed by atoms with Crippen molar-refractivity contribution in [2.75, 3.05) is 6.54 Å². The molecule has 2 aromatic rings. The largest absolute Gasteiger partial charge is 0.333 e. The van der Waals surface area contributed by atoms with Crippen molar-refractivity contribution in [3.05, 3.63) is 16.6 Å². The van der Waals surface area contributed by atoms with E-state index in [4.69, 9.17) is 5.73 Å². The Bertz CT molecular complexity index is 722. The van der Waals surface area contributed by atoms with Crippen molar-refractivity contribution in [2.24, 2.45) is 12.8 Å². The van der Waals surface area contributed by atoms with Crippen LogP contribution in [0.4, 0.5) is 0 Å². The monoisotopic (exact) mass is 370 g/mol. The molecule has 0 aliphatic carbocycles. The normalized spacial score (nSPS) is 19.6. The number of likely N-dealkylation sites (tertiary alicyclic amines) is 1. The first kappa shape index (κ1) is 19.2. The smallest absolute Gasteiger partial charge is 0.264 e. The molecule has 0 bridgehead atoms. The number of amides is 1. The molecule has 0 aromatic carbocycles. The van der Waals surface area contributed by atoms with Crippen molar-refractivity contribution < 1.29 is 4.79 Å². The number of hydrogen-bond donors (Lipinski definition) is 1. The van der Waals surface area contributed by atoms with Gasteiger partial charge in [0.25, 0.3) is 5.91 Å². The minimum Gasteiger partial charge on any atom is -0.333 e. The molecule has 2 unspecified atom stereocenters. The van der Waals surface area contributed by atoms with Gasteiger partial charge in [-0.1, -0.05) is 13.8 Å². The number of nitrogens with two attached hydrogens (primary N) is 1. The summed E-state index contributed by atoms with van der Waals surface area (Å²) in [6, 6.07) is 2.20. The van der Waals surface area contributed by atoms with E-state index in [9.17, 15) is 4.79 Å². The quantitative estimate of drug-likeness (QED) is 0.898. The highest BCUT2D eigenvalue weighted by Crippen LogP contribution is 2.33. The van der Waals surface area contributed by atoms with Gasteiger partial charge in [-0.25, -0.2) is 0 Å². The summed E-state index contributed by atoms with van der Waals surface area (Å²) in [7, 11) is 1.95. The molecule has 1 saturated heterocycles. The highest BCUT2D eigenvalue weighted by molar-refractivity contribution is 7.20. The molecule has 1 amide bonds. The van der Waals surface area contributed by atoms with E-state index in [2.05, 4.69) is 18.9 Å². The number of aromatic nitrogens is 2. The lowest BCUT2D eigenvalue weighted by Crippen LogP contribution is -2.51. The standard InChI is InChI=1S/C17H26N4OS.ClH/c1-10(2)15-12-9-14(23-17(12)20(4)19-15)16(22)21-8-6-5-7-13(21)11(3)18;/h9-11,13H,5-8,18H2,1-4H3;1H. The Hall–Kier alpha value is -1.11. The molecule has 1 fully saturated rings. The highest BCUT2D eigenvalue weighted by atomic mass is 35.5. The molecule has 7 heteroatoms. The minimum atomic E-state index is 0. The van der Waals surface area contributed by atoms with Crippen LogP contribution in [-0.2, 0) is 7.05 Å². The third kappa shape index (κ3) is 3.32. The Morgan fingerprint density at radius 1 is 1.38 bits per heavy atom. The summed E-state index contributed by atoms with van der Waals surface area (Å²) in [5.74, 6) is 0.478. The summed E-state index contributed by atoms with van der Waals surface area (Å²) < 4.78 is 1.89. The van der Waals surface area contributed by atoms with Gasteiger partial charge in [-0.15, -0.1) is 23.7 Å². The van der Waals surface area contributed by atoms with Crippen LogP contribution < -0.4 is 5.73 Å². The van der Waals surface area contributed by atoms with Crippen LogP contribution in [0.3, 0.4) is 0 Å². The van der Waals surface area contributed by atoms with Gasteiger partial charge >= 0.3 is 0 Å². The maximum Gasteiger partial charge on any atom is 0.264 e. The van der Waals surface area contributed by atoms with Gasteiger partial charge in [0, 0.05) is 31.1 Å². The van der Waals surface area contributed by atoms with Crippen molar-refractivity contribution in [3.8, 4) is 0 Å². The van der Waals surface area contributed by atoms with E-state index in [0.717, 1.165) is 46.6 Å². The Morgan fingerprint density at radius 3 is 2.71 bits per heavy atom. The molecule has 134 valence electrons. The molecule has 0 radical (unpaired) electrons. The van der Waals surface area contributed by atoms with Gasteiger partial charge in [-0.05, 0) is 38.2 Å². The number of aryl methyl sites for hydroxylation is 1. The van der Waals surface area contributed by atoms with Gasteiger partial charge in [0.1, 0.15) is 4.83 Å². The van der Waals surface area contributed by atoms with Crippen LogP contribution in [0, 0.1) is 0 Å². The molecule has 1 aliphatic rings. The third-order valence-electron chi connectivity index (χ3n) is 4.71. The summed E-state index contributed by atoms with van der Waals surface area (Å²) in [4.78, 5) is 16.9. The lowest BCUT2D eigenvalue weighted by atomic mass is 9.96. The molecule has 24 heavy (non-hydrogen) atoms. The summed E-state index contributed by atoms with van der Waals surface area (Å²) in [5.41, 5.74) is 7.18. The Kier molecular flexibility index (Phi) is 5.94. The number of fused-ring (bicyclic) bond motifs is 1. The number of hydrogen-bond acceptors (Lipinski definition) is 4. The predicted molar refractivity (Wildman–Crippen MR) is 102 cm³/mol. The molecule has 3 heterocycles. The zero-order valence-electron chi connectivity index (χ0n) is 14.8. The van der Waals surface area contributed by atoms with Gasteiger partial charge in [-0.3, -0.25) is 9.48 Å². The van der Waals surface area contributed by atoms with E-state index in [1.807, 2.05) is 29.6 Å². The summed E-state index contributed by atoms with van der Waals surface area (Å²) in [6.07, 6.45) is 3.23. The number of rotatable bonds is 3. The topological polar surface area (TPSA) is 64.2 Å². The maximum absolute atomic E-state index is 13.0. The number of nitrogens with zero attached hydrogens (tertiary/aromatic N) is 3. The molecule has 2 N–H and O–H groups in total. The van der Waals surface area contributed by atoms with Crippen LogP contribution in [-0.4, -0.2) is 39.2 Å². The zero-order chi connectivity index (χ0) is 16.7. The van der Waals surface area contributed by atoms with Crippen molar-refractivity contribution in [2.45, 2.75) is 58.0 Å². The summed E-state index contributed by atoms with van der Waals surface area (Å²) >= 11 is 1.55. The summed E-state index contributed by atoms with van der Waals surface area (Å²) in [5, 5.41) is 5.70. The molecular formula is C17H27ClN4OS. The van der Waals surface area contributed by atoms with Crippen LogP contribution >= 0.6 is 23.7 Å². The average molecular weight is 371 g/mol. The van der Waals surface area contributed by atoms with Crippen LogP contribution in [0.1, 0.15) is 61.3 Å². The predicted octanol–water partition coefficient (Wildman–Crippen LogP) is 3.52. The lowest BCUT2D eigenvalue weighted by Gasteiger charge is -2.37. The van der Waals surface area contributed by atoms with E-state index < -0.39 is 0 Å². The van der Waals surface area contributed by atoms with Gasteiger partial charge in [0.05, 0.1) is 10.6 Å². The highest BCUT2D eigenvalue weighted by Gasteiger charge is 2.31. The van der Waals surface area contributed by atoms with Gasteiger partial charge < -0.3 is 10.6 Å². The molecule has 1 aliphatic heterocycles. The van der Waals surface area contributed by atoms with Crippen molar-refractivity contribution in [1.82, 2.24) is 14.7 Å². The zero-order valence-corrected chi connectivity index (χ0v) is 16.4. The van der Waals surface area contributed by atoms with Gasteiger partial charge in [0.2, 0.25) is 0 Å². The fourth-order valence-corrected chi connectivity index (χ4v) is 4.53. The molecule has 0 spiro atoms. The number of piperidine rings is 1. The molecular weight excluding hydrogens is 344 g/mol.